The highest BCUT2D eigenvalue weighted by Gasteiger charge is 2.27. The summed E-state index contributed by atoms with van der Waals surface area (Å²) in [6.45, 7) is 7.50. The van der Waals surface area contributed by atoms with Crippen LogP contribution in [0, 0.1) is 6.92 Å². The maximum atomic E-state index is 11.7. The Morgan fingerprint density at radius 2 is 2.26 bits per heavy atom. The maximum absolute atomic E-state index is 11.7. The van der Waals surface area contributed by atoms with Gasteiger partial charge < -0.3 is 11.1 Å². The molecule has 0 saturated heterocycles. The molecule has 19 heavy (non-hydrogen) atoms. The van der Waals surface area contributed by atoms with Crippen LogP contribution in [0.4, 0.5) is 0 Å². The van der Waals surface area contributed by atoms with Gasteiger partial charge in [0.15, 0.2) is 0 Å². The van der Waals surface area contributed by atoms with Crippen LogP contribution in [-0.4, -0.2) is 37.0 Å². The van der Waals surface area contributed by atoms with Crippen molar-refractivity contribution in [3.8, 4) is 0 Å². The van der Waals surface area contributed by atoms with Crippen LogP contribution in [0.5, 0.6) is 0 Å². The summed E-state index contributed by atoms with van der Waals surface area (Å²) in [6, 6.07) is 2.21. The number of hydrogen-bond acceptors (Lipinski definition) is 4. The van der Waals surface area contributed by atoms with Gasteiger partial charge in [-0.25, -0.2) is 0 Å². The number of carbonyl (C=O) groups excluding carboxylic acids is 1. The summed E-state index contributed by atoms with van der Waals surface area (Å²) < 4.78 is 0. The fourth-order valence-corrected chi connectivity index (χ4v) is 3.47. The summed E-state index contributed by atoms with van der Waals surface area (Å²) in [4.78, 5) is 15.1. The first-order valence-electron chi connectivity index (χ1n) is 6.75. The van der Waals surface area contributed by atoms with Gasteiger partial charge in [0, 0.05) is 18.0 Å². The van der Waals surface area contributed by atoms with Crippen molar-refractivity contribution in [2.75, 3.05) is 20.1 Å². The molecule has 0 radical (unpaired) electrons. The molecule has 0 aliphatic rings. The van der Waals surface area contributed by atoms with E-state index >= 15 is 0 Å². The zero-order chi connectivity index (χ0) is 14.4. The number of thiophene rings is 1. The third-order valence-electron chi connectivity index (χ3n) is 3.20. The van der Waals surface area contributed by atoms with Gasteiger partial charge in [0.05, 0.1) is 12.6 Å². The summed E-state index contributed by atoms with van der Waals surface area (Å²) in [5, 5.41) is 4.78. The molecule has 0 aliphatic heterocycles. The molecule has 0 bridgehead atoms. The molecule has 0 aliphatic carbocycles. The van der Waals surface area contributed by atoms with Gasteiger partial charge in [-0.1, -0.05) is 6.92 Å². The quantitative estimate of drug-likeness (QED) is 0.803. The van der Waals surface area contributed by atoms with Crippen molar-refractivity contribution in [1.29, 1.82) is 0 Å². The van der Waals surface area contributed by atoms with E-state index in [-0.39, 0.29) is 18.0 Å². The minimum Gasteiger partial charge on any atom is -0.358 e. The second-order valence-corrected chi connectivity index (χ2v) is 5.86. The van der Waals surface area contributed by atoms with Crippen LogP contribution < -0.4 is 11.1 Å². The van der Waals surface area contributed by atoms with E-state index in [0.717, 1.165) is 13.0 Å². The van der Waals surface area contributed by atoms with Gasteiger partial charge in [0.2, 0.25) is 5.91 Å². The lowest BCUT2D eigenvalue weighted by atomic mass is 10.0. The predicted octanol–water partition coefficient (Wildman–Crippen LogP) is 1.90. The fourth-order valence-electron chi connectivity index (χ4n) is 2.29. The molecular weight excluding hydrogens is 258 g/mol. The Morgan fingerprint density at radius 1 is 1.58 bits per heavy atom. The van der Waals surface area contributed by atoms with Gasteiger partial charge in [-0.05, 0) is 43.8 Å². The number of carbonyl (C=O) groups is 1. The van der Waals surface area contributed by atoms with Crippen LogP contribution >= 0.6 is 11.3 Å². The van der Waals surface area contributed by atoms with Crippen molar-refractivity contribution >= 4 is 17.2 Å². The summed E-state index contributed by atoms with van der Waals surface area (Å²) in [7, 11) is 1.67. The minimum absolute atomic E-state index is 0.00597. The van der Waals surface area contributed by atoms with E-state index in [1.807, 2.05) is 6.92 Å². The minimum atomic E-state index is -0.00597. The second kappa shape index (κ2) is 7.62. The van der Waals surface area contributed by atoms with Crippen molar-refractivity contribution in [1.82, 2.24) is 10.2 Å². The monoisotopic (exact) mass is 283 g/mol. The zero-order valence-corrected chi connectivity index (χ0v) is 13.1. The number of amides is 1. The molecule has 1 aromatic heterocycles. The SMILES string of the molecule is CCCN(CC(=O)NC)C(c1sccc1C)C(C)N. The van der Waals surface area contributed by atoms with Crippen molar-refractivity contribution in [2.24, 2.45) is 5.73 Å². The van der Waals surface area contributed by atoms with E-state index in [1.165, 1.54) is 10.4 Å². The Hall–Kier alpha value is -0.910. The normalized spacial score (nSPS) is 14.4. The van der Waals surface area contributed by atoms with E-state index < -0.39 is 0 Å². The van der Waals surface area contributed by atoms with Crippen LogP contribution in [0.3, 0.4) is 0 Å². The van der Waals surface area contributed by atoms with Crippen molar-refractivity contribution in [3.63, 3.8) is 0 Å². The van der Waals surface area contributed by atoms with Crippen molar-refractivity contribution in [2.45, 2.75) is 39.3 Å². The Morgan fingerprint density at radius 3 is 2.68 bits per heavy atom. The molecule has 1 amide bonds. The second-order valence-electron chi connectivity index (χ2n) is 4.92. The van der Waals surface area contributed by atoms with Gasteiger partial charge >= 0.3 is 0 Å². The average Bonchev–Trinajstić information content (AvgIpc) is 2.75. The van der Waals surface area contributed by atoms with E-state index in [1.54, 1.807) is 18.4 Å². The highest BCUT2D eigenvalue weighted by atomic mass is 32.1. The Bertz CT molecular complexity index is 403. The van der Waals surface area contributed by atoms with Gasteiger partial charge in [0.25, 0.3) is 0 Å². The van der Waals surface area contributed by atoms with E-state index in [0.29, 0.717) is 6.54 Å². The Kier molecular flexibility index (Phi) is 6.48. The molecule has 0 aromatic carbocycles. The number of nitrogens with two attached hydrogens (primary N) is 1. The predicted molar refractivity (Wildman–Crippen MR) is 81.4 cm³/mol. The highest BCUT2D eigenvalue weighted by molar-refractivity contribution is 7.10. The summed E-state index contributed by atoms with van der Waals surface area (Å²) in [5.41, 5.74) is 7.43. The molecule has 0 fully saturated rings. The lowest BCUT2D eigenvalue weighted by Gasteiger charge is -2.33. The largest absolute Gasteiger partial charge is 0.358 e. The molecule has 2 unspecified atom stereocenters. The lowest BCUT2D eigenvalue weighted by Crippen LogP contribution is -2.44. The number of nitrogens with zero attached hydrogens (tertiary/aromatic N) is 1. The van der Waals surface area contributed by atoms with Gasteiger partial charge in [-0.15, -0.1) is 11.3 Å². The molecular formula is C14H25N3OS. The molecule has 2 atom stereocenters. The molecule has 3 N–H and O–H groups in total. The third kappa shape index (κ3) is 4.30. The molecule has 1 aromatic rings. The zero-order valence-electron chi connectivity index (χ0n) is 12.3. The summed E-state index contributed by atoms with van der Waals surface area (Å²) >= 11 is 1.72. The summed E-state index contributed by atoms with van der Waals surface area (Å²) in [5.74, 6) is 0.0355. The van der Waals surface area contributed by atoms with Crippen LogP contribution in [0.15, 0.2) is 11.4 Å². The maximum Gasteiger partial charge on any atom is 0.233 e. The van der Waals surface area contributed by atoms with Crippen LogP contribution in [0.2, 0.25) is 0 Å². The van der Waals surface area contributed by atoms with Crippen LogP contribution in [0.25, 0.3) is 0 Å². The first-order chi connectivity index (χ1) is 9.01. The fraction of sp³-hybridized carbons (Fsp3) is 0.643. The summed E-state index contributed by atoms with van der Waals surface area (Å²) in [6.07, 6.45) is 1.00. The first kappa shape index (κ1) is 16.1. The number of hydrogen-bond donors (Lipinski definition) is 2. The van der Waals surface area contributed by atoms with E-state index in [2.05, 4.69) is 35.5 Å². The lowest BCUT2D eigenvalue weighted by molar-refractivity contribution is -0.122. The van der Waals surface area contributed by atoms with Crippen molar-refractivity contribution < 1.29 is 4.79 Å². The number of aryl methyl sites for hydroxylation is 1. The van der Waals surface area contributed by atoms with Gasteiger partial charge in [-0.2, -0.15) is 0 Å². The average molecular weight is 283 g/mol. The molecule has 1 heterocycles. The standard InChI is InChI=1S/C14H25N3OS/c1-5-7-17(9-12(18)16-4)13(11(3)15)14-10(2)6-8-19-14/h6,8,11,13H,5,7,9,15H2,1-4H3,(H,16,18). The molecule has 4 nitrogen and oxygen atoms in total. The highest BCUT2D eigenvalue weighted by Crippen LogP contribution is 2.30. The van der Waals surface area contributed by atoms with E-state index in [4.69, 9.17) is 5.73 Å². The number of rotatable bonds is 7. The van der Waals surface area contributed by atoms with Crippen LogP contribution in [0.1, 0.15) is 36.8 Å². The molecule has 5 heteroatoms. The topological polar surface area (TPSA) is 58.4 Å². The number of likely N-dealkylation sites (N-methyl/N-ethyl adjacent to an activating group) is 1. The van der Waals surface area contributed by atoms with E-state index in [9.17, 15) is 4.79 Å². The molecule has 0 spiro atoms. The van der Waals surface area contributed by atoms with Gasteiger partial charge in [-0.3, -0.25) is 9.69 Å². The third-order valence-corrected chi connectivity index (χ3v) is 4.29. The van der Waals surface area contributed by atoms with Crippen LogP contribution in [-0.2, 0) is 4.79 Å². The molecule has 0 saturated carbocycles. The smallest absolute Gasteiger partial charge is 0.233 e. The molecule has 1 rings (SSSR count). The number of nitrogens with one attached hydrogen (secondary N) is 1. The Labute approximate surface area is 120 Å². The van der Waals surface area contributed by atoms with Gasteiger partial charge in [0.1, 0.15) is 0 Å². The first-order valence-corrected chi connectivity index (χ1v) is 7.63. The molecule has 108 valence electrons. The Balaban J connectivity index is 2.99. The van der Waals surface area contributed by atoms with Crippen molar-refractivity contribution in [3.05, 3.63) is 21.9 Å².